The first kappa shape index (κ1) is 16.2. The van der Waals surface area contributed by atoms with E-state index in [2.05, 4.69) is 41.8 Å². The molecule has 1 aromatic carbocycles. The van der Waals surface area contributed by atoms with Gasteiger partial charge in [0.15, 0.2) is 6.61 Å². The van der Waals surface area contributed by atoms with E-state index >= 15 is 0 Å². The highest BCUT2D eigenvalue weighted by molar-refractivity contribution is 14.1. The summed E-state index contributed by atoms with van der Waals surface area (Å²) in [5, 5.41) is 2.89. The van der Waals surface area contributed by atoms with Gasteiger partial charge in [0.1, 0.15) is 5.75 Å². The third kappa shape index (κ3) is 6.77. The third-order valence-electron chi connectivity index (χ3n) is 2.59. The summed E-state index contributed by atoms with van der Waals surface area (Å²) in [7, 11) is 0. The van der Waals surface area contributed by atoms with Crippen LogP contribution in [-0.2, 0) is 4.79 Å². The molecule has 0 heterocycles. The van der Waals surface area contributed by atoms with E-state index < -0.39 is 0 Å². The molecule has 0 radical (unpaired) electrons. The van der Waals surface area contributed by atoms with Crippen LogP contribution in [0.15, 0.2) is 24.3 Å². The van der Waals surface area contributed by atoms with Crippen molar-refractivity contribution < 1.29 is 9.53 Å². The maximum Gasteiger partial charge on any atom is 0.258 e. The van der Waals surface area contributed by atoms with Crippen LogP contribution in [0.4, 0.5) is 0 Å². The molecular weight excluding hydrogens is 355 g/mol. The van der Waals surface area contributed by atoms with Gasteiger partial charge in [-0.1, -0.05) is 13.8 Å². The normalized spacial score (nSPS) is 12.3. The van der Waals surface area contributed by atoms with Crippen LogP contribution < -0.4 is 15.8 Å². The van der Waals surface area contributed by atoms with Crippen LogP contribution in [0, 0.1) is 9.49 Å². The standard InChI is InChI=1S/C14H21IN2O2/c1-10(2)7-12(8-16)17-14(18)9-19-13-5-3-11(15)4-6-13/h3-6,10,12H,7-9,16H2,1-2H3,(H,17,18). The minimum Gasteiger partial charge on any atom is -0.484 e. The molecule has 1 unspecified atom stereocenters. The van der Waals surface area contributed by atoms with Gasteiger partial charge in [-0.2, -0.15) is 0 Å². The lowest BCUT2D eigenvalue weighted by Gasteiger charge is -2.18. The summed E-state index contributed by atoms with van der Waals surface area (Å²) < 4.78 is 6.55. The Morgan fingerprint density at radius 2 is 2.00 bits per heavy atom. The van der Waals surface area contributed by atoms with Crippen LogP contribution in [0.5, 0.6) is 5.75 Å². The van der Waals surface area contributed by atoms with Gasteiger partial charge in [-0.25, -0.2) is 0 Å². The molecule has 1 atom stereocenters. The summed E-state index contributed by atoms with van der Waals surface area (Å²) in [6.45, 7) is 4.69. The highest BCUT2D eigenvalue weighted by atomic mass is 127. The fraction of sp³-hybridized carbons (Fsp3) is 0.500. The topological polar surface area (TPSA) is 64.3 Å². The number of hydrogen-bond acceptors (Lipinski definition) is 3. The summed E-state index contributed by atoms with van der Waals surface area (Å²) in [6.07, 6.45) is 0.881. The minimum absolute atomic E-state index is 0.0211. The summed E-state index contributed by atoms with van der Waals surface area (Å²) in [5.74, 6) is 1.07. The number of hydrogen-bond donors (Lipinski definition) is 2. The monoisotopic (exact) mass is 376 g/mol. The van der Waals surface area contributed by atoms with Crippen LogP contribution in [0.25, 0.3) is 0 Å². The highest BCUT2D eigenvalue weighted by Crippen LogP contribution is 2.13. The van der Waals surface area contributed by atoms with Crippen LogP contribution in [0.3, 0.4) is 0 Å². The van der Waals surface area contributed by atoms with Crippen molar-refractivity contribution in [2.45, 2.75) is 26.3 Å². The van der Waals surface area contributed by atoms with Gasteiger partial charge in [0.2, 0.25) is 0 Å². The number of halogens is 1. The summed E-state index contributed by atoms with van der Waals surface area (Å²) in [4.78, 5) is 11.7. The van der Waals surface area contributed by atoms with E-state index in [0.717, 1.165) is 9.99 Å². The molecule has 0 bridgehead atoms. The Morgan fingerprint density at radius 3 is 2.53 bits per heavy atom. The summed E-state index contributed by atoms with van der Waals surface area (Å²) in [6, 6.07) is 7.60. The Morgan fingerprint density at radius 1 is 1.37 bits per heavy atom. The molecule has 4 nitrogen and oxygen atoms in total. The average molecular weight is 376 g/mol. The Balaban J connectivity index is 2.36. The molecule has 0 saturated heterocycles. The molecule has 0 aliphatic carbocycles. The van der Waals surface area contributed by atoms with Gasteiger partial charge < -0.3 is 15.8 Å². The number of ether oxygens (including phenoxy) is 1. The van der Waals surface area contributed by atoms with Crippen molar-refractivity contribution in [1.29, 1.82) is 0 Å². The molecule has 0 saturated carbocycles. The van der Waals surface area contributed by atoms with Crippen molar-refractivity contribution in [3.8, 4) is 5.75 Å². The van der Waals surface area contributed by atoms with E-state index in [4.69, 9.17) is 10.5 Å². The molecule has 5 heteroatoms. The zero-order chi connectivity index (χ0) is 14.3. The highest BCUT2D eigenvalue weighted by Gasteiger charge is 2.12. The largest absolute Gasteiger partial charge is 0.484 e. The van der Waals surface area contributed by atoms with Gasteiger partial charge in [0.25, 0.3) is 5.91 Å². The van der Waals surface area contributed by atoms with Crippen molar-refractivity contribution >= 4 is 28.5 Å². The maximum absolute atomic E-state index is 11.7. The maximum atomic E-state index is 11.7. The molecule has 0 aromatic heterocycles. The van der Waals surface area contributed by atoms with Crippen LogP contribution in [0.1, 0.15) is 20.3 Å². The smallest absolute Gasteiger partial charge is 0.258 e. The molecular formula is C14H21IN2O2. The first-order valence-corrected chi connectivity index (χ1v) is 7.47. The number of carbonyl (C=O) groups excluding carboxylic acids is 1. The molecule has 106 valence electrons. The molecule has 0 spiro atoms. The van der Waals surface area contributed by atoms with E-state index in [-0.39, 0.29) is 18.6 Å². The van der Waals surface area contributed by atoms with Crippen molar-refractivity contribution in [1.82, 2.24) is 5.32 Å². The fourth-order valence-corrected chi connectivity index (χ4v) is 2.09. The zero-order valence-corrected chi connectivity index (χ0v) is 13.5. The second-order valence-electron chi connectivity index (χ2n) is 4.87. The molecule has 1 amide bonds. The quantitative estimate of drug-likeness (QED) is 0.717. The Kier molecular flexibility index (Phi) is 7.15. The van der Waals surface area contributed by atoms with E-state index in [1.54, 1.807) is 0 Å². The van der Waals surface area contributed by atoms with Crippen molar-refractivity contribution in [3.05, 3.63) is 27.8 Å². The number of amides is 1. The van der Waals surface area contributed by atoms with Gasteiger partial charge in [-0.15, -0.1) is 0 Å². The van der Waals surface area contributed by atoms with Crippen LogP contribution in [0.2, 0.25) is 0 Å². The second-order valence-corrected chi connectivity index (χ2v) is 6.12. The molecule has 1 rings (SSSR count). The molecule has 19 heavy (non-hydrogen) atoms. The number of rotatable bonds is 7. The molecule has 1 aromatic rings. The van der Waals surface area contributed by atoms with E-state index in [1.807, 2.05) is 24.3 Å². The van der Waals surface area contributed by atoms with Gasteiger partial charge in [-0.05, 0) is 59.2 Å². The van der Waals surface area contributed by atoms with Crippen LogP contribution in [-0.4, -0.2) is 25.1 Å². The SMILES string of the molecule is CC(C)CC(CN)NC(=O)COc1ccc(I)cc1. The van der Waals surface area contributed by atoms with Gasteiger partial charge in [0.05, 0.1) is 0 Å². The average Bonchev–Trinajstić information content (AvgIpc) is 2.36. The molecule has 0 fully saturated rings. The van der Waals surface area contributed by atoms with Crippen LogP contribution >= 0.6 is 22.6 Å². The summed E-state index contributed by atoms with van der Waals surface area (Å²) in [5.41, 5.74) is 5.64. The molecule has 0 aliphatic rings. The van der Waals surface area contributed by atoms with Crippen molar-refractivity contribution in [3.63, 3.8) is 0 Å². The van der Waals surface area contributed by atoms with Gasteiger partial charge in [-0.3, -0.25) is 4.79 Å². The first-order valence-electron chi connectivity index (χ1n) is 6.39. The van der Waals surface area contributed by atoms with Gasteiger partial charge >= 0.3 is 0 Å². The Labute approximate surface area is 128 Å². The lowest BCUT2D eigenvalue weighted by molar-refractivity contribution is -0.123. The first-order chi connectivity index (χ1) is 9.01. The fourth-order valence-electron chi connectivity index (χ4n) is 1.73. The van der Waals surface area contributed by atoms with E-state index in [1.165, 1.54) is 0 Å². The Hall–Kier alpha value is -0.820. The number of benzene rings is 1. The molecule has 3 N–H and O–H groups in total. The lowest BCUT2D eigenvalue weighted by Crippen LogP contribution is -2.43. The third-order valence-corrected chi connectivity index (χ3v) is 3.31. The minimum atomic E-state index is -0.130. The second kappa shape index (κ2) is 8.37. The number of carbonyl (C=O) groups is 1. The van der Waals surface area contributed by atoms with Crippen molar-refractivity contribution in [2.24, 2.45) is 11.7 Å². The number of nitrogens with two attached hydrogens (primary N) is 1. The zero-order valence-electron chi connectivity index (χ0n) is 11.4. The van der Waals surface area contributed by atoms with E-state index in [0.29, 0.717) is 18.2 Å². The predicted molar refractivity (Wildman–Crippen MR) is 85.1 cm³/mol. The van der Waals surface area contributed by atoms with E-state index in [9.17, 15) is 4.79 Å². The Bertz CT molecular complexity index is 393. The van der Waals surface area contributed by atoms with Crippen molar-refractivity contribution in [2.75, 3.05) is 13.2 Å². The predicted octanol–water partition coefficient (Wildman–Crippen LogP) is 2.16. The lowest BCUT2D eigenvalue weighted by atomic mass is 10.0. The van der Waals surface area contributed by atoms with Gasteiger partial charge in [0, 0.05) is 16.2 Å². The summed E-state index contributed by atoms with van der Waals surface area (Å²) >= 11 is 2.22. The number of nitrogens with one attached hydrogen (secondary N) is 1. The molecule has 0 aliphatic heterocycles.